The van der Waals surface area contributed by atoms with Gasteiger partial charge in [0, 0.05) is 27.5 Å². The second kappa shape index (κ2) is 6.46. The fourth-order valence-electron chi connectivity index (χ4n) is 1.48. The smallest absolute Gasteiger partial charge is 0.329 e. The van der Waals surface area contributed by atoms with Crippen LogP contribution in [0.2, 0.25) is 0 Å². The van der Waals surface area contributed by atoms with Crippen LogP contribution in [0.1, 0.15) is 15.7 Å². The van der Waals surface area contributed by atoms with Crippen LogP contribution in [0.4, 0.5) is 13.2 Å². The van der Waals surface area contributed by atoms with Gasteiger partial charge in [0.1, 0.15) is 0 Å². The summed E-state index contributed by atoms with van der Waals surface area (Å²) in [6, 6.07) is 4.37. The molecule has 2 N–H and O–H groups in total. The highest BCUT2D eigenvalue weighted by Crippen LogP contribution is 2.38. The third kappa shape index (κ3) is 3.97. The lowest BCUT2D eigenvalue weighted by Crippen LogP contribution is -2.09. The van der Waals surface area contributed by atoms with Gasteiger partial charge in [0.05, 0.1) is 15.8 Å². The normalized spacial score (nSPS) is 13.4. The third-order valence-electron chi connectivity index (χ3n) is 2.45. The largest absolute Gasteiger partial charge is 0.417 e. The zero-order chi connectivity index (χ0) is 14.8. The first-order valence-electron chi connectivity index (χ1n) is 5.54. The van der Waals surface area contributed by atoms with E-state index < -0.39 is 11.7 Å². The predicted molar refractivity (Wildman–Crippen MR) is 78.9 cm³/mol. The minimum Gasteiger partial charge on any atom is -0.329 e. The van der Waals surface area contributed by atoms with E-state index in [-0.39, 0.29) is 5.25 Å². The van der Waals surface area contributed by atoms with Crippen molar-refractivity contribution in [2.45, 2.75) is 16.5 Å². The van der Waals surface area contributed by atoms with Gasteiger partial charge in [-0.3, -0.25) is 0 Å². The molecule has 2 rings (SSSR count). The van der Waals surface area contributed by atoms with Gasteiger partial charge in [-0.2, -0.15) is 13.2 Å². The van der Waals surface area contributed by atoms with Gasteiger partial charge in [0.15, 0.2) is 0 Å². The van der Waals surface area contributed by atoms with E-state index >= 15 is 0 Å². The van der Waals surface area contributed by atoms with Gasteiger partial charge in [-0.05, 0) is 34.1 Å². The Balaban J connectivity index is 2.12. The van der Waals surface area contributed by atoms with E-state index in [1.807, 2.05) is 11.4 Å². The topological polar surface area (TPSA) is 38.9 Å². The number of rotatable bonds is 4. The number of nitrogens with zero attached hydrogens (tertiary/aromatic N) is 1. The van der Waals surface area contributed by atoms with Crippen molar-refractivity contribution < 1.29 is 13.2 Å². The average molecular weight is 383 g/mol. The predicted octanol–water partition coefficient (Wildman–Crippen LogP) is 4.72. The standard InChI is InChI=1S/C12H10BrF3N2S2/c13-8-3-9(19-6-8)10(4-17)20-11-2-1-7(5-18-11)12(14,15)16/h1-3,5-6,10H,4,17H2. The number of thiophene rings is 1. The molecule has 0 aliphatic rings. The fraction of sp³-hybridized carbons (Fsp3) is 0.250. The quantitative estimate of drug-likeness (QED) is 0.777. The van der Waals surface area contributed by atoms with Crippen LogP contribution >= 0.6 is 39.0 Å². The van der Waals surface area contributed by atoms with E-state index in [0.29, 0.717) is 11.6 Å². The van der Waals surface area contributed by atoms with Gasteiger partial charge in [-0.15, -0.1) is 11.3 Å². The first-order chi connectivity index (χ1) is 9.40. The van der Waals surface area contributed by atoms with Gasteiger partial charge in [0.2, 0.25) is 0 Å². The van der Waals surface area contributed by atoms with Gasteiger partial charge >= 0.3 is 6.18 Å². The summed E-state index contributed by atoms with van der Waals surface area (Å²) in [6.07, 6.45) is -3.51. The number of hydrogen-bond donors (Lipinski definition) is 1. The van der Waals surface area contributed by atoms with E-state index in [9.17, 15) is 13.2 Å². The van der Waals surface area contributed by atoms with Crippen molar-refractivity contribution >= 4 is 39.0 Å². The second-order valence-corrected chi connectivity index (χ2v) is 6.97. The molecule has 0 aromatic carbocycles. The molecule has 0 aliphatic carbocycles. The maximum atomic E-state index is 12.4. The monoisotopic (exact) mass is 382 g/mol. The van der Waals surface area contributed by atoms with Crippen LogP contribution in [0.15, 0.2) is 39.3 Å². The van der Waals surface area contributed by atoms with Gasteiger partial charge < -0.3 is 5.73 Å². The zero-order valence-electron chi connectivity index (χ0n) is 10.0. The van der Waals surface area contributed by atoms with E-state index in [1.165, 1.54) is 17.8 Å². The van der Waals surface area contributed by atoms with Crippen LogP contribution < -0.4 is 5.73 Å². The third-order valence-corrected chi connectivity index (χ3v) is 5.62. The lowest BCUT2D eigenvalue weighted by Gasteiger charge is -2.12. The summed E-state index contributed by atoms with van der Waals surface area (Å²) in [4.78, 5) is 4.91. The lowest BCUT2D eigenvalue weighted by atomic mass is 10.3. The molecule has 0 saturated carbocycles. The first kappa shape index (κ1) is 15.8. The number of alkyl halides is 3. The van der Waals surface area contributed by atoms with Crippen molar-refractivity contribution in [3.63, 3.8) is 0 Å². The molecule has 0 aliphatic heterocycles. The number of thioether (sulfide) groups is 1. The fourth-order valence-corrected chi connectivity index (χ4v) is 4.06. The summed E-state index contributed by atoms with van der Waals surface area (Å²) in [7, 11) is 0. The summed E-state index contributed by atoms with van der Waals surface area (Å²) >= 11 is 6.28. The Morgan fingerprint density at radius 1 is 1.40 bits per heavy atom. The summed E-state index contributed by atoms with van der Waals surface area (Å²) in [5.74, 6) is 0. The highest BCUT2D eigenvalue weighted by Gasteiger charge is 2.30. The molecule has 2 heterocycles. The number of aromatic nitrogens is 1. The van der Waals surface area contributed by atoms with Crippen molar-refractivity contribution in [1.82, 2.24) is 4.98 Å². The second-order valence-electron chi connectivity index (χ2n) is 3.89. The van der Waals surface area contributed by atoms with E-state index in [2.05, 4.69) is 20.9 Å². The van der Waals surface area contributed by atoms with Crippen molar-refractivity contribution in [3.05, 3.63) is 44.7 Å². The number of halogens is 4. The molecule has 2 aromatic rings. The number of hydrogen-bond acceptors (Lipinski definition) is 4. The number of nitrogens with two attached hydrogens (primary N) is 1. The molecule has 108 valence electrons. The van der Waals surface area contributed by atoms with Crippen LogP contribution in [0.3, 0.4) is 0 Å². The van der Waals surface area contributed by atoms with Crippen LogP contribution in [0, 0.1) is 0 Å². The molecule has 2 nitrogen and oxygen atoms in total. The maximum absolute atomic E-state index is 12.4. The van der Waals surface area contributed by atoms with Crippen molar-refractivity contribution in [2.75, 3.05) is 6.54 Å². The molecule has 0 radical (unpaired) electrons. The molecule has 8 heteroatoms. The Kier molecular flexibility index (Phi) is 5.11. The van der Waals surface area contributed by atoms with Crippen LogP contribution in [0.25, 0.3) is 0 Å². The number of pyridine rings is 1. The van der Waals surface area contributed by atoms with Gasteiger partial charge in [0.25, 0.3) is 0 Å². The van der Waals surface area contributed by atoms with Crippen molar-refractivity contribution in [2.24, 2.45) is 5.73 Å². The molecule has 1 atom stereocenters. The Bertz CT molecular complexity index is 569. The SMILES string of the molecule is NCC(Sc1ccc(C(F)(F)F)cn1)c1cc(Br)cs1. The molecule has 0 saturated heterocycles. The Morgan fingerprint density at radius 3 is 2.60 bits per heavy atom. The first-order valence-corrected chi connectivity index (χ1v) is 8.09. The summed E-state index contributed by atoms with van der Waals surface area (Å²) < 4.78 is 38.3. The van der Waals surface area contributed by atoms with Crippen molar-refractivity contribution in [1.29, 1.82) is 0 Å². The maximum Gasteiger partial charge on any atom is 0.417 e. The molecule has 0 fully saturated rings. The molecule has 0 spiro atoms. The van der Waals surface area contributed by atoms with Gasteiger partial charge in [-0.1, -0.05) is 11.8 Å². The minimum atomic E-state index is -4.36. The Labute approximate surface area is 130 Å². The molecular formula is C12H10BrF3N2S2. The van der Waals surface area contributed by atoms with E-state index in [0.717, 1.165) is 21.6 Å². The molecule has 20 heavy (non-hydrogen) atoms. The summed E-state index contributed by atoms with van der Waals surface area (Å²) in [6.45, 7) is 0.389. The lowest BCUT2D eigenvalue weighted by molar-refractivity contribution is -0.137. The molecule has 0 amide bonds. The minimum absolute atomic E-state index is 0.0180. The van der Waals surface area contributed by atoms with Crippen LogP contribution in [-0.2, 0) is 6.18 Å². The molecule has 1 unspecified atom stereocenters. The van der Waals surface area contributed by atoms with Gasteiger partial charge in [-0.25, -0.2) is 4.98 Å². The highest BCUT2D eigenvalue weighted by molar-refractivity contribution is 9.10. The molecule has 0 bridgehead atoms. The van der Waals surface area contributed by atoms with Crippen LogP contribution in [0.5, 0.6) is 0 Å². The molecule has 2 aromatic heterocycles. The summed E-state index contributed by atoms with van der Waals surface area (Å²) in [5.41, 5.74) is 4.98. The Hall–Kier alpha value is -0.570. The molecular weight excluding hydrogens is 373 g/mol. The summed E-state index contributed by atoms with van der Waals surface area (Å²) in [5, 5.41) is 2.45. The van der Waals surface area contributed by atoms with E-state index in [1.54, 1.807) is 11.3 Å². The van der Waals surface area contributed by atoms with E-state index in [4.69, 9.17) is 5.73 Å². The Morgan fingerprint density at radius 2 is 2.15 bits per heavy atom. The average Bonchev–Trinajstić information content (AvgIpc) is 2.82. The van der Waals surface area contributed by atoms with Crippen molar-refractivity contribution in [3.8, 4) is 0 Å². The highest BCUT2D eigenvalue weighted by atomic mass is 79.9. The zero-order valence-corrected chi connectivity index (χ0v) is 13.2. The van der Waals surface area contributed by atoms with Crippen LogP contribution in [-0.4, -0.2) is 11.5 Å².